The monoisotopic (exact) mass is 384 g/mol. The average Bonchev–Trinajstić information content (AvgIpc) is 3.37. The van der Waals surface area contributed by atoms with Crippen molar-refractivity contribution in [1.29, 1.82) is 0 Å². The highest BCUT2D eigenvalue weighted by Crippen LogP contribution is 2.33. The summed E-state index contributed by atoms with van der Waals surface area (Å²) in [5.74, 6) is 1.30. The molecule has 5 N–H and O–H groups in total. The van der Waals surface area contributed by atoms with Gasteiger partial charge in [-0.1, -0.05) is 6.07 Å². The van der Waals surface area contributed by atoms with E-state index in [4.69, 9.17) is 0 Å². The van der Waals surface area contributed by atoms with Crippen molar-refractivity contribution >= 4 is 39.3 Å². The minimum absolute atomic E-state index is 0.150. The third kappa shape index (κ3) is 3.34. The summed E-state index contributed by atoms with van der Waals surface area (Å²) in [4.78, 5) is 15.4. The molecule has 0 fully saturated rings. The summed E-state index contributed by atoms with van der Waals surface area (Å²) in [7, 11) is 0. The summed E-state index contributed by atoms with van der Waals surface area (Å²) >= 11 is 0. The molecular formula is C22H20N6O. The maximum absolute atomic E-state index is 10.3. The topological polar surface area (TPSA) is 102 Å². The molecule has 0 unspecified atom stereocenters. The van der Waals surface area contributed by atoms with Crippen molar-refractivity contribution in [3.8, 4) is 5.75 Å². The van der Waals surface area contributed by atoms with E-state index < -0.39 is 0 Å². The number of hydrogen-bond donors (Lipinski definition) is 5. The third-order valence-corrected chi connectivity index (χ3v) is 4.89. The second kappa shape index (κ2) is 6.87. The minimum Gasteiger partial charge on any atom is -0.506 e. The van der Waals surface area contributed by atoms with Crippen LogP contribution in [0, 0.1) is 6.92 Å². The van der Waals surface area contributed by atoms with Gasteiger partial charge in [-0.15, -0.1) is 0 Å². The zero-order valence-electron chi connectivity index (χ0n) is 15.8. The predicted molar refractivity (Wildman–Crippen MR) is 116 cm³/mol. The number of nitrogens with one attached hydrogen (secondary N) is 4. The summed E-state index contributed by atoms with van der Waals surface area (Å²) < 4.78 is 0. The molecule has 5 rings (SSSR count). The molecule has 3 heterocycles. The number of nitrogens with zero attached hydrogens (tertiary/aromatic N) is 2. The van der Waals surface area contributed by atoms with Gasteiger partial charge in [-0.05, 0) is 54.3 Å². The number of anilines is 3. The number of phenols is 1. The SMILES string of the molecule is Cc1cc(NCc2ccc3[nH]ccc3c2)nc(Nc2c(O)ccc3[nH]ccc23)n1. The molecule has 0 radical (unpaired) electrons. The number of rotatable bonds is 5. The van der Waals surface area contributed by atoms with Gasteiger partial charge in [-0.2, -0.15) is 4.98 Å². The van der Waals surface area contributed by atoms with Gasteiger partial charge in [-0.3, -0.25) is 0 Å². The van der Waals surface area contributed by atoms with Crippen LogP contribution in [0.15, 0.2) is 60.9 Å². The van der Waals surface area contributed by atoms with Crippen LogP contribution < -0.4 is 10.6 Å². The fourth-order valence-corrected chi connectivity index (χ4v) is 3.49. The molecule has 5 aromatic rings. The van der Waals surface area contributed by atoms with Crippen molar-refractivity contribution in [2.75, 3.05) is 10.6 Å². The van der Waals surface area contributed by atoms with E-state index in [1.807, 2.05) is 37.5 Å². The van der Waals surface area contributed by atoms with Crippen molar-refractivity contribution in [1.82, 2.24) is 19.9 Å². The Morgan fingerprint density at radius 1 is 0.931 bits per heavy atom. The zero-order valence-corrected chi connectivity index (χ0v) is 15.8. The normalized spacial score (nSPS) is 11.2. The van der Waals surface area contributed by atoms with Gasteiger partial charge in [0.05, 0.1) is 5.69 Å². The standard InChI is InChI=1S/C22H20N6O/c1-13-10-20(25-12-14-2-3-17-15(11-14)6-8-23-17)27-22(26-13)28-21-16-7-9-24-18(16)4-5-19(21)29/h2-11,23-24,29H,12H2,1H3,(H2,25,26,27,28). The number of aromatic amines is 2. The van der Waals surface area contributed by atoms with Crippen LogP contribution in [0.3, 0.4) is 0 Å². The summed E-state index contributed by atoms with van der Waals surface area (Å²) in [5.41, 5.74) is 4.62. The van der Waals surface area contributed by atoms with E-state index in [0.29, 0.717) is 18.2 Å². The van der Waals surface area contributed by atoms with Gasteiger partial charge in [0.1, 0.15) is 11.6 Å². The van der Waals surface area contributed by atoms with Crippen LogP contribution in [0.25, 0.3) is 21.8 Å². The largest absolute Gasteiger partial charge is 0.506 e. The van der Waals surface area contributed by atoms with Gasteiger partial charge in [0, 0.05) is 47.1 Å². The number of benzene rings is 2. The van der Waals surface area contributed by atoms with Gasteiger partial charge in [0.25, 0.3) is 0 Å². The first-order valence-corrected chi connectivity index (χ1v) is 9.37. The first-order valence-electron chi connectivity index (χ1n) is 9.37. The Labute approximate surface area is 166 Å². The van der Waals surface area contributed by atoms with Crippen LogP contribution in [-0.4, -0.2) is 25.0 Å². The zero-order chi connectivity index (χ0) is 19.8. The van der Waals surface area contributed by atoms with E-state index >= 15 is 0 Å². The van der Waals surface area contributed by atoms with Crippen molar-refractivity contribution in [2.45, 2.75) is 13.5 Å². The van der Waals surface area contributed by atoms with Crippen LogP contribution in [0.1, 0.15) is 11.3 Å². The second-order valence-corrected chi connectivity index (χ2v) is 6.99. The smallest absolute Gasteiger partial charge is 0.229 e. The summed E-state index contributed by atoms with van der Waals surface area (Å²) in [6, 6.07) is 15.7. The lowest BCUT2D eigenvalue weighted by molar-refractivity contribution is 0.478. The van der Waals surface area contributed by atoms with Crippen LogP contribution in [0.5, 0.6) is 5.75 Å². The molecule has 144 valence electrons. The van der Waals surface area contributed by atoms with Crippen molar-refractivity contribution < 1.29 is 5.11 Å². The van der Waals surface area contributed by atoms with E-state index in [-0.39, 0.29) is 5.75 Å². The van der Waals surface area contributed by atoms with E-state index in [1.165, 1.54) is 5.39 Å². The molecule has 0 bridgehead atoms. The molecule has 7 nitrogen and oxygen atoms in total. The van der Waals surface area contributed by atoms with E-state index in [9.17, 15) is 5.11 Å². The quantitative estimate of drug-likeness (QED) is 0.280. The fraction of sp³-hybridized carbons (Fsp3) is 0.0909. The molecular weight excluding hydrogens is 364 g/mol. The lowest BCUT2D eigenvalue weighted by Crippen LogP contribution is -2.06. The molecule has 0 saturated carbocycles. The van der Waals surface area contributed by atoms with Gasteiger partial charge in [-0.25, -0.2) is 4.98 Å². The summed E-state index contributed by atoms with van der Waals surface area (Å²) in [6.07, 6.45) is 3.77. The fourth-order valence-electron chi connectivity index (χ4n) is 3.49. The van der Waals surface area contributed by atoms with E-state index in [0.717, 1.165) is 33.5 Å². The Bertz CT molecular complexity index is 1320. The highest BCUT2D eigenvalue weighted by molar-refractivity contribution is 5.96. The number of aromatic nitrogens is 4. The second-order valence-electron chi connectivity index (χ2n) is 6.99. The number of aromatic hydroxyl groups is 1. The Kier molecular flexibility index (Phi) is 4.05. The Hall–Kier alpha value is -4.00. The molecule has 0 atom stereocenters. The maximum Gasteiger partial charge on any atom is 0.229 e. The molecule has 0 aliphatic carbocycles. The molecule has 7 heteroatoms. The lowest BCUT2D eigenvalue weighted by Gasteiger charge is -2.12. The van der Waals surface area contributed by atoms with Crippen molar-refractivity contribution in [2.24, 2.45) is 0 Å². The Balaban J connectivity index is 1.39. The predicted octanol–water partition coefficient (Wildman–Crippen LogP) is 4.81. The lowest BCUT2D eigenvalue weighted by atomic mass is 10.1. The van der Waals surface area contributed by atoms with Gasteiger partial charge < -0.3 is 25.7 Å². The average molecular weight is 384 g/mol. The molecule has 3 aromatic heterocycles. The molecule has 0 aliphatic heterocycles. The summed E-state index contributed by atoms with van der Waals surface area (Å²) in [6.45, 7) is 2.57. The third-order valence-electron chi connectivity index (χ3n) is 4.89. The number of fused-ring (bicyclic) bond motifs is 2. The summed E-state index contributed by atoms with van der Waals surface area (Å²) in [5, 5.41) is 18.9. The van der Waals surface area contributed by atoms with Crippen molar-refractivity contribution in [3.05, 3.63) is 72.2 Å². The van der Waals surface area contributed by atoms with Gasteiger partial charge >= 0.3 is 0 Å². The first-order chi connectivity index (χ1) is 14.2. The highest BCUT2D eigenvalue weighted by atomic mass is 16.3. The van der Waals surface area contributed by atoms with E-state index in [2.05, 4.69) is 54.8 Å². The van der Waals surface area contributed by atoms with Crippen LogP contribution >= 0.6 is 0 Å². The minimum atomic E-state index is 0.150. The van der Waals surface area contributed by atoms with Crippen molar-refractivity contribution in [3.63, 3.8) is 0 Å². The van der Waals surface area contributed by atoms with Gasteiger partial charge in [0.2, 0.25) is 5.95 Å². The van der Waals surface area contributed by atoms with E-state index in [1.54, 1.807) is 6.07 Å². The number of H-pyrrole nitrogens is 2. The molecule has 0 spiro atoms. The van der Waals surface area contributed by atoms with Crippen LogP contribution in [0.4, 0.5) is 17.5 Å². The first kappa shape index (κ1) is 17.1. The Morgan fingerprint density at radius 3 is 2.69 bits per heavy atom. The molecule has 2 aromatic carbocycles. The molecule has 0 aliphatic rings. The number of aryl methyl sites for hydroxylation is 1. The molecule has 0 saturated heterocycles. The highest BCUT2D eigenvalue weighted by Gasteiger charge is 2.11. The molecule has 29 heavy (non-hydrogen) atoms. The maximum atomic E-state index is 10.3. The van der Waals surface area contributed by atoms with Crippen LogP contribution in [0.2, 0.25) is 0 Å². The van der Waals surface area contributed by atoms with Crippen LogP contribution in [-0.2, 0) is 6.54 Å². The molecule has 0 amide bonds. The van der Waals surface area contributed by atoms with Gasteiger partial charge in [0.15, 0.2) is 0 Å². The number of hydrogen-bond acceptors (Lipinski definition) is 5. The Morgan fingerprint density at radius 2 is 1.76 bits per heavy atom. The number of phenolic OH excluding ortho intramolecular Hbond substituents is 1.